The van der Waals surface area contributed by atoms with Gasteiger partial charge in [-0.15, -0.1) is 0 Å². The lowest BCUT2D eigenvalue weighted by molar-refractivity contribution is -0.145. The van der Waals surface area contributed by atoms with Gasteiger partial charge in [0.15, 0.2) is 0 Å². The first-order valence-electron chi connectivity index (χ1n) is 6.07. The molecular weight excluding hydrogens is 190 g/mol. The Morgan fingerprint density at radius 1 is 1.27 bits per heavy atom. The lowest BCUT2D eigenvalue weighted by Gasteiger charge is -2.31. The zero-order valence-electron chi connectivity index (χ0n) is 9.97. The lowest BCUT2D eigenvalue weighted by atomic mass is 9.87. The van der Waals surface area contributed by atoms with Crippen LogP contribution in [0.3, 0.4) is 0 Å². The number of hydrogen-bond donors (Lipinski definition) is 1. The molecule has 0 saturated heterocycles. The van der Waals surface area contributed by atoms with Crippen LogP contribution in [-0.2, 0) is 9.53 Å². The average molecular weight is 213 g/mol. The fourth-order valence-corrected chi connectivity index (χ4v) is 2.41. The Morgan fingerprint density at radius 2 is 1.87 bits per heavy atom. The number of nitrogens with one attached hydrogen (secondary N) is 1. The summed E-state index contributed by atoms with van der Waals surface area (Å²) in [5.74, 6) is -0.0613. The number of hydrogen-bond acceptors (Lipinski definition) is 3. The topological polar surface area (TPSA) is 38.3 Å². The Labute approximate surface area is 92.6 Å². The van der Waals surface area contributed by atoms with Gasteiger partial charge < -0.3 is 10.1 Å². The molecule has 0 aliphatic heterocycles. The van der Waals surface area contributed by atoms with Crippen molar-refractivity contribution in [1.29, 1.82) is 0 Å². The molecule has 1 N–H and O–H groups in total. The largest absolute Gasteiger partial charge is 0.466 e. The van der Waals surface area contributed by atoms with Crippen LogP contribution >= 0.6 is 0 Å². The van der Waals surface area contributed by atoms with Gasteiger partial charge in [0.1, 0.15) is 0 Å². The van der Waals surface area contributed by atoms with Crippen LogP contribution < -0.4 is 5.32 Å². The van der Waals surface area contributed by atoms with E-state index in [1.807, 2.05) is 14.0 Å². The summed E-state index contributed by atoms with van der Waals surface area (Å²) >= 11 is 0. The normalized spacial score (nSPS) is 20.7. The zero-order chi connectivity index (χ0) is 11.1. The first kappa shape index (κ1) is 12.5. The van der Waals surface area contributed by atoms with Crippen LogP contribution in [0, 0.1) is 0 Å². The zero-order valence-corrected chi connectivity index (χ0v) is 9.97. The number of rotatable bonds is 4. The van der Waals surface area contributed by atoms with Crippen molar-refractivity contribution in [3.8, 4) is 0 Å². The quantitative estimate of drug-likeness (QED) is 0.575. The van der Waals surface area contributed by atoms with E-state index in [4.69, 9.17) is 4.74 Å². The highest BCUT2D eigenvalue weighted by atomic mass is 16.5. The Bertz CT molecular complexity index is 196. The monoisotopic (exact) mass is 213 g/mol. The molecule has 3 heteroatoms. The van der Waals surface area contributed by atoms with Crippen molar-refractivity contribution < 1.29 is 9.53 Å². The van der Waals surface area contributed by atoms with Gasteiger partial charge in [0, 0.05) is 5.54 Å². The molecule has 0 amide bonds. The van der Waals surface area contributed by atoms with Gasteiger partial charge in [0.2, 0.25) is 0 Å². The highest BCUT2D eigenvalue weighted by Crippen LogP contribution is 2.29. The minimum Gasteiger partial charge on any atom is -0.466 e. The van der Waals surface area contributed by atoms with Gasteiger partial charge in [0.05, 0.1) is 13.0 Å². The van der Waals surface area contributed by atoms with Crippen LogP contribution in [0.4, 0.5) is 0 Å². The first-order chi connectivity index (χ1) is 7.22. The molecule has 1 fully saturated rings. The molecule has 0 aromatic heterocycles. The molecule has 0 aromatic rings. The van der Waals surface area contributed by atoms with Gasteiger partial charge in [-0.1, -0.05) is 25.7 Å². The second-order valence-corrected chi connectivity index (χ2v) is 4.43. The Hall–Kier alpha value is -0.570. The van der Waals surface area contributed by atoms with E-state index < -0.39 is 0 Å². The van der Waals surface area contributed by atoms with Crippen LogP contribution in [-0.4, -0.2) is 25.2 Å². The van der Waals surface area contributed by atoms with E-state index in [2.05, 4.69) is 5.32 Å². The second-order valence-electron chi connectivity index (χ2n) is 4.43. The van der Waals surface area contributed by atoms with Gasteiger partial charge in [-0.2, -0.15) is 0 Å². The summed E-state index contributed by atoms with van der Waals surface area (Å²) in [5.41, 5.74) is 0.00273. The molecule has 1 saturated carbocycles. The van der Waals surface area contributed by atoms with E-state index in [9.17, 15) is 4.79 Å². The third-order valence-electron chi connectivity index (χ3n) is 3.38. The molecule has 0 aromatic carbocycles. The van der Waals surface area contributed by atoms with Crippen molar-refractivity contribution in [2.24, 2.45) is 0 Å². The molecule has 0 atom stereocenters. The summed E-state index contributed by atoms with van der Waals surface area (Å²) in [5, 5.41) is 3.35. The molecule has 0 spiro atoms. The molecule has 88 valence electrons. The Kier molecular flexibility index (Phi) is 5.09. The Morgan fingerprint density at radius 3 is 2.33 bits per heavy atom. The van der Waals surface area contributed by atoms with Crippen molar-refractivity contribution in [2.45, 2.75) is 57.4 Å². The highest BCUT2D eigenvalue weighted by molar-refractivity contribution is 5.70. The van der Waals surface area contributed by atoms with E-state index >= 15 is 0 Å². The lowest BCUT2D eigenvalue weighted by Crippen LogP contribution is -2.44. The molecule has 0 unspecified atom stereocenters. The van der Waals surface area contributed by atoms with E-state index in [1.165, 1.54) is 25.7 Å². The number of esters is 1. The van der Waals surface area contributed by atoms with E-state index in [0.717, 1.165) is 12.8 Å². The second kappa shape index (κ2) is 6.11. The summed E-state index contributed by atoms with van der Waals surface area (Å²) in [4.78, 5) is 11.5. The maximum Gasteiger partial charge on any atom is 0.307 e. The van der Waals surface area contributed by atoms with E-state index in [0.29, 0.717) is 13.0 Å². The number of carbonyl (C=O) groups excluding carboxylic acids is 1. The van der Waals surface area contributed by atoms with Crippen LogP contribution in [0.15, 0.2) is 0 Å². The number of ether oxygens (including phenoxy) is 1. The summed E-state index contributed by atoms with van der Waals surface area (Å²) in [7, 11) is 1.96. The Balaban J connectivity index is 2.53. The molecule has 0 heterocycles. The average Bonchev–Trinajstić information content (AvgIpc) is 2.44. The number of carbonyl (C=O) groups is 1. The van der Waals surface area contributed by atoms with E-state index in [-0.39, 0.29) is 11.5 Å². The first-order valence-corrected chi connectivity index (χ1v) is 6.07. The van der Waals surface area contributed by atoms with Gasteiger partial charge in [-0.3, -0.25) is 4.79 Å². The highest BCUT2D eigenvalue weighted by Gasteiger charge is 2.32. The SMILES string of the molecule is CCOC(=O)CC1(NC)CCCCCC1. The molecular formula is C12H23NO2. The maximum absolute atomic E-state index is 11.5. The van der Waals surface area contributed by atoms with Crippen LogP contribution in [0.5, 0.6) is 0 Å². The summed E-state index contributed by atoms with van der Waals surface area (Å²) in [6.45, 7) is 2.34. The van der Waals surface area contributed by atoms with Gasteiger partial charge in [-0.25, -0.2) is 0 Å². The molecule has 1 rings (SSSR count). The van der Waals surface area contributed by atoms with Gasteiger partial charge in [-0.05, 0) is 26.8 Å². The molecule has 0 radical (unpaired) electrons. The summed E-state index contributed by atoms with van der Waals surface area (Å²) in [6.07, 6.45) is 7.76. The van der Waals surface area contributed by atoms with Crippen molar-refractivity contribution >= 4 is 5.97 Å². The molecule has 3 nitrogen and oxygen atoms in total. The van der Waals surface area contributed by atoms with Gasteiger partial charge in [0.25, 0.3) is 0 Å². The predicted octanol–water partition coefficient (Wildman–Crippen LogP) is 2.25. The third kappa shape index (κ3) is 3.82. The minimum absolute atomic E-state index is 0.00273. The van der Waals surface area contributed by atoms with E-state index in [1.54, 1.807) is 0 Å². The summed E-state index contributed by atoms with van der Waals surface area (Å²) < 4.78 is 5.03. The fraction of sp³-hybridized carbons (Fsp3) is 0.917. The predicted molar refractivity (Wildman–Crippen MR) is 60.7 cm³/mol. The molecule has 1 aliphatic carbocycles. The third-order valence-corrected chi connectivity index (χ3v) is 3.38. The smallest absolute Gasteiger partial charge is 0.307 e. The fourth-order valence-electron chi connectivity index (χ4n) is 2.41. The molecule has 0 bridgehead atoms. The molecule has 1 aliphatic rings. The maximum atomic E-state index is 11.5. The van der Waals surface area contributed by atoms with Gasteiger partial charge >= 0.3 is 5.97 Å². The molecule has 15 heavy (non-hydrogen) atoms. The minimum atomic E-state index is -0.0613. The van der Waals surface area contributed by atoms with Crippen LogP contribution in [0.25, 0.3) is 0 Å². The van der Waals surface area contributed by atoms with Crippen LogP contribution in [0.1, 0.15) is 51.9 Å². The van der Waals surface area contributed by atoms with Crippen molar-refractivity contribution in [2.75, 3.05) is 13.7 Å². The van der Waals surface area contributed by atoms with Crippen molar-refractivity contribution in [3.63, 3.8) is 0 Å². The standard InChI is InChI=1S/C12H23NO2/c1-3-15-11(14)10-12(13-2)8-6-4-5-7-9-12/h13H,3-10H2,1-2H3. The van der Waals surface area contributed by atoms with Crippen molar-refractivity contribution in [3.05, 3.63) is 0 Å². The van der Waals surface area contributed by atoms with Crippen molar-refractivity contribution in [1.82, 2.24) is 5.32 Å². The van der Waals surface area contributed by atoms with Crippen LogP contribution in [0.2, 0.25) is 0 Å². The summed E-state index contributed by atoms with van der Waals surface area (Å²) in [6, 6.07) is 0.